The van der Waals surface area contributed by atoms with Crippen molar-refractivity contribution in [2.45, 2.75) is 19.4 Å². The fourth-order valence-corrected chi connectivity index (χ4v) is 1.97. The number of nitrogens with zero attached hydrogens (tertiary/aromatic N) is 2. The Hall–Kier alpha value is -2.64. The van der Waals surface area contributed by atoms with E-state index in [4.69, 9.17) is 11.5 Å². The molecule has 1 aliphatic rings. The molecule has 0 radical (unpaired) electrons. The molecule has 1 aromatic heterocycles. The zero-order valence-electron chi connectivity index (χ0n) is 11.1. The van der Waals surface area contributed by atoms with E-state index in [1.807, 2.05) is 0 Å². The van der Waals surface area contributed by atoms with Gasteiger partial charge in [-0.15, -0.1) is 0 Å². The van der Waals surface area contributed by atoms with E-state index in [0.717, 1.165) is 0 Å². The number of pyridine rings is 1. The number of hydrogen-bond acceptors (Lipinski definition) is 6. The van der Waals surface area contributed by atoms with Crippen molar-refractivity contribution in [3.8, 4) is 0 Å². The number of carbonyl (C=O) groups is 3. The first-order chi connectivity index (χ1) is 9.23. The molecule has 0 spiro atoms. The van der Waals surface area contributed by atoms with Crippen molar-refractivity contribution in [2.24, 2.45) is 5.73 Å². The molecule has 3 amide bonds. The summed E-state index contributed by atoms with van der Waals surface area (Å²) in [7, 11) is 0. The van der Waals surface area contributed by atoms with Gasteiger partial charge in [0.1, 0.15) is 11.4 Å². The van der Waals surface area contributed by atoms with Gasteiger partial charge in [-0.2, -0.15) is 0 Å². The van der Waals surface area contributed by atoms with Crippen molar-refractivity contribution in [2.75, 3.05) is 17.2 Å². The van der Waals surface area contributed by atoms with Crippen LogP contribution in [-0.4, -0.2) is 34.8 Å². The molecule has 2 heterocycles. The number of piperazine rings is 1. The van der Waals surface area contributed by atoms with Gasteiger partial charge in [0.2, 0.25) is 5.91 Å². The number of carbonyl (C=O) groups excluding carboxylic acids is 3. The Kier molecular flexibility index (Phi) is 3.09. The van der Waals surface area contributed by atoms with Crippen LogP contribution >= 0.6 is 0 Å². The highest BCUT2D eigenvalue weighted by molar-refractivity contribution is 6.07. The van der Waals surface area contributed by atoms with E-state index in [9.17, 15) is 14.4 Å². The SMILES string of the molecule is CC1(C)C(=O)NC(=O)CN1c1cc(C(N)=O)c(N)cn1. The largest absolute Gasteiger partial charge is 0.397 e. The Morgan fingerprint density at radius 1 is 1.45 bits per heavy atom. The Labute approximate surface area is 115 Å². The summed E-state index contributed by atoms with van der Waals surface area (Å²) in [6.07, 6.45) is 1.28. The number of aromatic nitrogens is 1. The summed E-state index contributed by atoms with van der Waals surface area (Å²) < 4.78 is 0. The molecule has 0 atom stereocenters. The summed E-state index contributed by atoms with van der Waals surface area (Å²) in [5.41, 5.74) is 10.1. The lowest BCUT2D eigenvalue weighted by Gasteiger charge is -2.41. The third kappa shape index (κ3) is 2.15. The molecule has 1 aromatic rings. The monoisotopic (exact) mass is 277 g/mol. The fraction of sp³-hybridized carbons (Fsp3) is 0.333. The molecule has 0 bridgehead atoms. The molecule has 106 valence electrons. The van der Waals surface area contributed by atoms with Crippen molar-refractivity contribution in [1.29, 1.82) is 0 Å². The van der Waals surface area contributed by atoms with Crippen LogP contribution in [0.15, 0.2) is 12.3 Å². The van der Waals surface area contributed by atoms with E-state index in [2.05, 4.69) is 10.3 Å². The highest BCUT2D eigenvalue weighted by atomic mass is 16.2. The van der Waals surface area contributed by atoms with Gasteiger partial charge in [-0.25, -0.2) is 4.98 Å². The number of nitrogens with one attached hydrogen (secondary N) is 1. The van der Waals surface area contributed by atoms with Gasteiger partial charge in [-0.3, -0.25) is 19.7 Å². The number of rotatable bonds is 2. The quantitative estimate of drug-likeness (QED) is 0.594. The maximum atomic E-state index is 11.9. The highest BCUT2D eigenvalue weighted by Crippen LogP contribution is 2.26. The minimum Gasteiger partial charge on any atom is -0.397 e. The number of anilines is 2. The zero-order valence-corrected chi connectivity index (χ0v) is 11.1. The van der Waals surface area contributed by atoms with Crippen LogP contribution in [-0.2, 0) is 9.59 Å². The van der Waals surface area contributed by atoms with Crippen molar-refractivity contribution in [3.05, 3.63) is 17.8 Å². The summed E-state index contributed by atoms with van der Waals surface area (Å²) in [6, 6.07) is 1.38. The smallest absolute Gasteiger partial charge is 0.251 e. The summed E-state index contributed by atoms with van der Waals surface area (Å²) in [6.45, 7) is 3.25. The minimum atomic E-state index is -0.980. The summed E-state index contributed by atoms with van der Waals surface area (Å²) >= 11 is 0. The van der Waals surface area contributed by atoms with Crippen LogP contribution < -0.4 is 21.7 Å². The van der Waals surface area contributed by atoms with E-state index < -0.39 is 23.3 Å². The first kappa shape index (κ1) is 13.8. The Morgan fingerprint density at radius 2 is 2.10 bits per heavy atom. The van der Waals surface area contributed by atoms with Gasteiger partial charge in [0, 0.05) is 0 Å². The molecular weight excluding hydrogens is 262 g/mol. The van der Waals surface area contributed by atoms with Crippen LogP contribution in [0.1, 0.15) is 24.2 Å². The Morgan fingerprint density at radius 3 is 2.70 bits per heavy atom. The second kappa shape index (κ2) is 4.48. The molecule has 1 fully saturated rings. The topological polar surface area (TPSA) is 131 Å². The number of imide groups is 1. The van der Waals surface area contributed by atoms with Gasteiger partial charge >= 0.3 is 0 Å². The average molecular weight is 277 g/mol. The number of primary amides is 1. The first-order valence-corrected chi connectivity index (χ1v) is 5.90. The van der Waals surface area contributed by atoms with Crippen molar-refractivity contribution in [3.63, 3.8) is 0 Å². The van der Waals surface area contributed by atoms with Gasteiger partial charge in [0.05, 0.1) is 24.0 Å². The van der Waals surface area contributed by atoms with Crippen molar-refractivity contribution >= 4 is 29.2 Å². The summed E-state index contributed by atoms with van der Waals surface area (Å²) in [4.78, 5) is 40.3. The van der Waals surface area contributed by atoms with Gasteiger partial charge in [0.25, 0.3) is 11.8 Å². The number of amides is 3. The second-order valence-electron chi connectivity index (χ2n) is 5.02. The van der Waals surface area contributed by atoms with Gasteiger partial charge in [-0.1, -0.05) is 0 Å². The predicted octanol–water partition coefficient (Wildman–Crippen LogP) is -0.996. The van der Waals surface area contributed by atoms with E-state index in [0.29, 0.717) is 5.82 Å². The molecule has 0 saturated carbocycles. The van der Waals surface area contributed by atoms with Gasteiger partial charge < -0.3 is 16.4 Å². The Bertz CT molecular complexity index is 611. The van der Waals surface area contributed by atoms with Crippen LogP contribution in [0.5, 0.6) is 0 Å². The van der Waals surface area contributed by atoms with Gasteiger partial charge in [0.15, 0.2) is 0 Å². The molecule has 0 aliphatic carbocycles. The van der Waals surface area contributed by atoms with Crippen LogP contribution in [0.25, 0.3) is 0 Å². The first-order valence-electron chi connectivity index (χ1n) is 5.90. The van der Waals surface area contributed by atoms with E-state index in [1.165, 1.54) is 17.2 Å². The van der Waals surface area contributed by atoms with Gasteiger partial charge in [-0.05, 0) is 19.9 Å². The highest BCUT2D eigenvalue weighted by Gasteiger charge is 2.41. The summed E-state index contributed by atoms with van der Waals surface area (Å²) in [5, 5.41) is 2.25. The van der Waals surface area contributed by atoms with E-state index in [-0.39, 0.29) is 17.8 Å². The third-order valence-corrected chi connectivity index (χ3v) is 3.25. The van der Waals surface area contributed by atoms with Crippen LogP contribution in [0.4, 0.5) is 11.5 Å². The molecule has 0 unspecified atom stereocenters. The average Bonchev–Trinajstić information content (AvgIpc) is 2.34. The van der Waals surface area contributed by atoms with Crippen LogP contribution in [0, 0.1) is 0 Å². The fourth-order valence-electron chi connectivity index (χ4n) is 1.97. The summed E-state index contributed by atoms with van der Waals surface area (Å²) in [5.74, 6) is -1.28. The van der Waals surface area contributed by atoms with E-state index in [1.54, 1.807) is 13.8 Å². The van der Waals surface area contributed by atoms with Crippen molar-refractivity contribution < 1.29 is 14.4 Å². The standard InChI is InChI=1S/C12H15N5O3/c1-12(2)11(20)16-9(18)5-17(12)8-3-6(10(14)19)7(13)4-15-8/h3-4H,5,13H2,1-2H3,(H2,14,19)(H,16,18,20). The van der Waals surface area contributed by atoms with Crippen LogP contribution in [0.2, 0.25) is 0 Å². The predicted molar refractivity (Wildman–Crippen MR) is 71.7 cm³/mol. The lowest BCUT2D eigenvalue weighted by molar-refractivity contribution is -0.135. The minimum absolute atomic E-state index is 0.0478. The molecule has 0 aromatic carbocycles. The number of nitrogen functional groups attached to an aromatic ring is 1. The molecule has 1 aliphatic heterocycles. The second-order valence-corrected chi connectivity index (χ2v) is 5.02. The molecule has 1 saturated heterocycles. The lowest BCUT2D eigenvalue weighted by Crippen LogP contribution is -2.64. The molecule has 8 nitrogen and oxygen atoms in total. The molecule has 5 N–H and O–H groups in total. The lowest BCUT2D eigenvalue weighted by atomic mass is 9.98. The molecule has 8 heteroatoms. The maximum Gasteiger partial charge on any atom is 0.251 e. The normalized spacial score (nSPS) is 17.8. The Balaban J connectivity index is 2.49. The third-order valence-electron chi connectivity index (χ3n) is 3.25. The van der Waals surface area contributed by atoms with Crippen LogP contribution in [0.3, 0.4) is 0 Å². The molecule has 2 rings (SSSR count). The van der Waals surface area contributed by atoms with E-state index >= 15 is 0 Å². The maximum absolute atomic E-state index is 11.9. The zero-order chi connectivity index (χ0) is 15.1. The number of nitrogens with two attached hydrogens (primary N) is 2. The molecular formula is C12H15N5O3. The number of hydrogen-bond donors (Lipinski definition) is 3. The van der Waals surface area contributed by atoms with Crippen molar-refractivity contribution in [1.82, 2.24) is 10.3 Å². The molecule has 20 heavy (non-hydrogen) atoms.